The van der Waals surface area contributed by atoms with Crippen LogP contribution < -0.4 is 5.73 Å². The van der Waals surface area contributed by atoms with Crippen molar-refractivity contribution in [1.82, 2.24) is 0 Å². The molecule has 0 aromatic rings. The van der Waals surface area contributed by atoms with Crippen molar-refractivity contribution in [3.8, 4) is 12.3 Å². The van der Waals surface area contributed by atoms with Crippen molar-refractivity contribution in [3.05, 3.63) is 0 Å². The van der Waals surface area contributed by atoms with Crippen LogP contribution in [0.15, 0.2) is 0 Å². The van der Waals surface area contributed by atoms with Crippen molar-refractivity contribution in [3.63, 3.8) is 0 Å². The highest BCUT2D eigenvalue weighted by atomic mass is 16.4. The molecule has 3 nitrogen and oxygen atoms in total. The average Bonchev–Trinajstić information content (AvgIpc) is 2.03. The minimum absolute atomic E-state index is 0.507. The second kappa shape index (κ2) is 5.60. The molecule has 0 amide bonds. The lowest BCUT2D eigenvalue weighted by Crippen LogP contribution is -2.44. The number of nitrogens with two attached hydrogens (primary N) is 1. The van der Waals surface area contributed by atoms with Crippen LogP contribution in [0.4, 0.5) is 0 Å². The molecule has 0 saturated carbocycles. The van der Waals surface area contributed by atoms with Crippen molar-refractivity contribution in [2.24, 2.45) is 5.73 Å². The second-order valence-corrected chi connectivity index (χ2v) is 3.49. The Hall–Kier alpha value is -1.01. The van der Waals surface area contributed by atoms with Gasteiger partial charge in [0.15, 0.2) is 0 Å². The summed E-state index contributed by atoms with van der Waals surface area (Å²) in [5, 5.41) is 8.69. The molecule has 0 aliphatic rings. The molecule has 0 unspecified atom stereocenters. The molecule has 0 rings (SSSR count). The lowest BCUT2D eigenvalue weighted by Gasteiger charge is -2.18. The minimum atomic E-state index is -1.09. The summed E-state index contributed by atoms with van der Waals surface area (Å²) in [4.78, 5) is 10.6. The van der Waals surface area contributed by atoms with Crippen LogP contribution in [0.3, 0.4) is 0 Å². The first kappa shape index (κ1) is 12.0. The van der Waals surface area contributed by atoms with Crippen molar-refractivity contribution >= 4 is 5.97 Å². The third-order valence-corrected chi connectivity index (χ3v) is 2.01. The van der Waals surface area contributed by atoms with Crippen LogP contribution >= 0.6 is 0 Å². The van der Waals surface area contributed by atoms with Crippen molar-refractivity contribution in [2.75, 3.05) is 0 Å². The van der Waals surface area contributed by atoms with Gasteiger partial charge in [-0.05, 0) is 19.8 Å². The topological polar surface area (TPSA) is 63.3 Å². The zero-order valence-electron chi connectivity index (χ0n) is 8.05. The van der Waals surface area contributed by atoms with Gasteiger partial charge >= 0.3 is 5.97 Å². The maximum absolute atomic E-state index is 10.6. The molecule has 0 aliphatic heterocycles. The van der Waals surface area contributed by atoms with Gasteiger partial charge < -0.3 is 10.8 Å². The van der Waals surface area contributed by atoms with Crippen LogP contribution in [-0.2, 0) is 4.79 Å². The highest BCUT2D eigenvalue weighted by molar-refractivity contribution is 5.77. The van der Waals surface area contributed by atoms with Gasteiger partial charge in [0.25, 0.3) is 0 Å². The Labute approximate surface area is 79.3 Å². The summed E-state index contributed by atoms with van der Waals surface area (Å²) < 4.78 is 0. The fourth-order valence-corrected chi connectivity index (χ4v) is 1.00. The van der Waals surface area contributed by atoms with Gasteiger partial charge in [0.2, 0.25) is 0 Å². The number of hydrogen-bond acceptors (Lipinski definition) is 2. The van der Waals surface area contributed by atoms with Crippen LogP contribution in [0, 0.1) is 12.3 Å². The molecule has 1 atom stereocenters. The molecule has 13 heavy (non-hydrogen) atoms. The van der Waals surface area contributed by atoms with E-state index in [1.54, 1.807) is 0 Å². The van der Waals surface area contributed by atoms with Crippen LogP contribution in [0.2, 0.25) is 0 Å². The number of rotatable bonds is 6. The molecule has 0 bridgehead atoms. The SMILES string of the molecule is C#CCCCCC[C@@](C)(N)C(=O)O. The second-order valence-electron chi connectivity index (χ2n) is 3.49. The summed E-state index contributed by atoms with van der Waals surface area (Å²) in [5.41, 5.74) is 4.45. The van der Waals surface area contributed by atoms with E-state index in [4.69, 9.17) is 17.3 Å². The molecule has 0 saturated heterocycles. The van der Waals surface area contributed by atoms with E-state index >= 15 is 0 Å². The molecule has 74 valence electrons. The molecule has 0 aliphatic carbocycles. The predicted molar refractivity (Wildman–Crippen MR) is 52.1 cm³/mol. The number of carboxylic acid groups (broad SMARTS) is 1. The summed E-state index contributed by atoms with van der Waals surface area (Å²) in [6, 6.07) is 0. The summed E-state index contributed by atoms with van der Waals surface area (Å²) in [5.74, 6) is 1.60. The molecule has 0 spiro atoms. The Morgan fingerprint density at radius 2 is 2.15 bits per heavy atom. The quantitative estimate of drug-likeness (QED) is 0.483. The zero-order chi connectivity index (χ0) is 10.3. The zero-order valence-corrected chi connectivity index (χ0v) is 8.05. The number of carbonyl (C=O) groups is 1. The van der Waals surface area contributed by atoms with Crippen LogP contribution in [0.5, 0.6) is 0 Å². The highest BCUT2D eigenvalue weighted by Gasteiger charge is 2.26. The van der Waals surface area contributed by atoms with E-state index in [2.05, 4.69) is 5.92 Å². The van der Waals surface area contributed by atoms with E-state index in [1.807, 2.05) is 0 Å². The van der Waals surface area contributed by atoms with E-state index in [-0.39, 0.29) is 0 Å². The van der Waals surface area contributed by atoms with Crippen molar-refractivity contribution in [2.45, 2.75) is 44.6 Å². The fraction of sp³-hybridized carbons (Fsp3) is 0.700. The first-order chi connectivity index (χ1) is 6.00. The lowest BCUT2D eigenvalue weighted by atomic mass is 9.96. The van der Waals surface area contributed by atoms with Gasteiger partial charge in [-0.15, -0.1) is 12.3 Å². The molecular weight excluding hydrogens is 166 g/mol. The first-order valence-electron chi connectivity index (χ1n) is 4.46. The fourth-order valence-electron chi connectivity index (χ4n) is 1.00. The van der Waals surface area contributed by atoms with E-state index < -0.39 is 11.5 Å². The van der Waals surface area contributed by atoms with E-state index in [0.29, 0.717) is 6.42 Å². The van der Waals surface area contributed by atoms with Crippen LogP contribution in [0.25, 0.3) is 0 Å². The number of carboxylic acids is 1. The van der Waals surface area contributed by atoms with Crippen LogP contribution in [-0.4, -0.2) is 16.6 Å². The Bertz CT molecular complexity index is 203. The summed E-state index contributed by atoms with van der Waals surface area (Å²) in [6.45, 7) is 1.54. The number of unbranched alkanes of at least 4 members (excludes halogenated alkanes) is 3. The molecule has 0 heterocycles. The summed E-state index contributed by atoms with van der Waals surface area (Å²) in [6.07, 6.45) is 9.06. The largest absolute Gasteiger partial charge is 0.480 e. The summed E-state index contributed by atoms with van der Waals surface area (Å²) in [7, 11) is 0. The molecule has 3 N–H and O–H groups in total. The molecule has 0 aromatic carbocycles. The smallest absolute Gasteiger partial charge is 0.323 e. The third kappa shape index (κ3) is 5.26. The number of aliphatic carboxylic acids is 1. The van der Waals surface area contributed by atoms with E-state index in [9.17, 15) is 4.79 Å². The predicted octanol–water partition coefficient (Wildman–Crippen LogP) is 1.37. The molecule has 0 radical (unpaired) electrons. The normalized spacial score (nSPS) is 14.5. The minimum Gasteiger partial charge on any atom is -0.480 e. The number of hydrogen-bond donors (Lipinski definition) is 2. The molecular formula is C10H17NO2. The summed E-state index contributed by atoms with van der Waals surface area (Å²) >= 11 is 0. The monoisotopic (exact) mass is 183 g/mol. The van der Waals surface area contributed by atoms with Gasteiger partial charge in [0.1, 0.15) is 5.54 Å². The average molecular weight is 183 g/mol. The standard InChI is InChI=1S/C10H17NO2/c1-3-4-5-6-7-8-10(2,11)9(12)13/h1H,4-8,11H2,2H3,(H,12,13)/t10-/m1/s1. The Morgan fingerprint density at radius 1 is 1.54 bits per heavy atom. The Balaban J connectivity index is 3.53. The lowest BCUT2D eigenvalue weighted by molar-refractivity contribution is -0.142. The number of terminal acetylenes is 1. The molecule has 0 fully saturated rings. The van der Waals surface area contributed by atoms with Gasteiger partial charge in [0, 0.05) is 6.42 Å². The maximum Gasteiger partial charge on any atom is 0.323 e. The molecule has 3 heteroatoms. The van der Waals surface area contributed by atoms with Crippen molar-refractivity contribution < 1.29 is 9.90 Å². The van der Waals surface area contributed by atoms with Crippen LogP contribution in [0.1, 0.15) is 39.0 Å². The molecule has 0 aromatic heterocycles. The Morgan fingerprint density at radius 3 is 2.62 bits per heavy atom. The van der Waals surface area contributed by atoms with Crippen molar-refractivity contribution in [1.29, 1.82) is 0 Å². The third-order valence-electron chi connectivity index (χ3n) is 2.01. The Kier molecular flexibility index (Phi) is 5.17. The van der Waals surface area contributed by atoms with Gasteiger partial charge in [-0.3, -0.25) is 4.79 Å². The maximum atomic E-state index is 10.6. The highest BCUT2D eigenvalue weighted by Crippen LogP contribution is 2.12. The first-order valence-corrected chi connectivity index (χ1v) is 4.46. The van der Waals surface area contributed by atoms with Gasteiger partial charge in [-0.1, -0.05) is 12.8 Å². The van der Waals surface area contributed by atoms with E-state index in [1.165, 1.54) is 6.92 Å². The van der Waals surface area contributed by atoms with Gasteiger partial charge in [-0.2, -0.15) is 0 Å². The van der Waals surface area contributed by atoms with Gasteiger partial charge in [0.05, 0.1) is 0 Å². The van der Waals surface area contributed by atoms with Gasteiger partial charge in [-0.25, -0.2) is 0 Å². The van der Waals surface area contributed by atoms with E-state index in [0.717, 1.165) is 25.7 Å².